The van der Waals surface area contributed by atoms with E-state index in [-0.39, 0.29) is 12.0 Å². The largest absolute Gasteiger partial charge is 0.493 e. The van der Waals surface area contributed by atoms with Crippen molar-refractivity contribution in [1.29, 1.82) is 0 Å². The van der Waals surface area contributed by atoms with Gasteiger partial charge in [-0.1, -0.05) is 6.07 Å². The third-order valence-corrected chi connectivity index (χ3v) is 4.24. The van der Waals surface area contributed by atoms with Gasteiger partial charge in [0, 0.05) is 31.0 Å². The molecule has 6 heteroatoms. The Kier molecular flexibility index (Phi) is 6.54. The summed E-state index contributed by atoms with van der Waals surface area (Å²) >= 11 is 0. The number of carbonyl (C=O) groups is 1. The van der Waals surface area contributed by atoms with Crippen LogP contribution in [0.15, 0.2) is 48.5 Å². The summed E-state index contributed by atoms with van der Waals surface area (Å²) in [7, 11) is 1.59. The molecule has 6 nitrogen and oxygen atoms in total. The summed E-state index contributed by atoms with van der Waals surface area (Å²) in [5.41, 5.74) is 1.98. The maximum absolute atomic E-state index is 11.0. The van der Waals surface area contributed by atoms with Crippen LogP contribution in [0.4, 0.5) is 0 Å². The summed E-state index contributed by atoms with van der Waals surface area (Å²) in [6.07, 6.45) is 0.854. The van der Waals surface area contributed by atoms with E-state index >= 15 is 0 Å². The topological polar surface area (TPSA) is 69.7 Å². The predicted molar refractivity (Wildman–Crippen MR) is 113 cm³/mol. The fourth-order valence-corrected chi connectivity index (χ4v) is 2.94. The Labute approximate surface area is 170 Å². The van der Waals surface area contributed by atoms with E-state index in [1.54, 1.807) is 13.2 Å². The molecule has 29 heavy (non-hydrogen) atoms. The third-order valence-electron chi connectivity index (χ3n) is 4.24. The summed E-state index contributed by atoms with van der Waals surface area (Å²) in [6.45, 7) is 6.08. The summed E-state index contributed by atoms with van der Waals surface area (Å²) < 4.78 is 17.1. The van der Waals surface area contributed by atoms with Crippen molar-refractivity contribution in [2.75, 3.05) is 13.7 Å². The van der Waals surface area contributed by atoms with Crippen LogP contribution in [0.5, 0.6) is 23.1 Å². The van der Waals surface area contributed by atoms with Crippen LogP contribution in [-0.2, 0) is 11.2 Å². The van der Waals surface area contributed by atoms with Crippen LogP contribution in [0, 0.1) is 0 Å². The second kappa shape index (κ2) is 9.28. The number of hydrogen-bond donors (Lipinski definition) is 1. The van der Waals surface area contributed by atoms with E-state index < -0.39 is 0 Å². The van der Waals surface area contributed by atoms with E-state index in [9.17, 15) is 4.79 Å². The van der Waals surface area contributed by atoms with Gasteiger partial charge in [0.15, 0.2) is 11.5 Å². The van der Waals surface area contributed by atoms with E-state index in [1.165, 1.54) is 6.92 Å². The van der Waals surface area contributed by atoms with Crippen molar-refractivity contribution < 1.29 is 19.0 Å². The van der Waals surface area contributed by atoms with Crippen molar-refractivity contribution >= 4 is 16.8 Å². The molecule has 1 aromatic heterocycles. The molecule has 152 valence electrons. The molecule has 0 aliphatic carbocycles. The second-order valence-corrected chi connectivity index (χ2v) is 6.99. The van der Waals surface area contributed by atoms with Crippen molar-refractivity contribution in [2.24, 2.45) is 0 Å². The van der Waals surface area contributed by atoms with Crippen molar-refractivity contribution in [3.8, 4) is 23.1 Å². The number of aromatic nitrogens is 1. The Hall–Kier alpha value is -3.28. The first-order valence-corrected chi connectivity index (χ1v) is 9.61. The summed E-state index contributed by atoms with van der Waals surface area (Å²) in [5, 5.41) is 3.83. The highest BCUT2D eigenvalue weighted by Gasteiger charge is 2.10. The van der Waals surface area contributed by atoms with Gasteiger partial charge >= 0.3 is 0 Å². The van der Waals surface area contributed by atoms with Gasteiger partial charge in [-0.2, -0.15) is 0 Å². The van der Waals surface area contributed by atoms with Crippen LogP contribution in [0.2, 0.25) is 0 Å². The Morgan fingerprint density at radius 3 is 2.62 bits per heavy atom. The number of nitrogens with one attached hydrogen (secondary N) is 1. The molecule has 3 rings (SSSR count). The van der Waals surface area contributed by atoms with Gasteiger partial charge in [-0.25, -0.2) is 4.98 Å². The summed E-state index contributed by atoms with van der Waals surface area (Å²) in [6, 6.07) is 15.3. The molecular weight excluding hydrogens is 368 g/mol. The molecule has 2 aromatic carbocycles. The number of ether oxygens (including phenoxy) is 3. The highest BCUT2D eigenvalue weighted by molar-refractivity contribution is 5.80. The van der Waals surface area contributed by atoms with Gasteiger partial charge in [0.25, 0.3) is 0 Å². The molecule has 0 atom stereocenters. The van der Waals surface area contributed by atoms with E-state index in [0.29, 0.717) is 23.9 Å². The van der Waals surface area contributed by atoms with Gasteiger partial charge in [0.1, 0.15) is 5.75 Å². The normalized spacial score (nSPS) is 10.8. The average Bonchev–Trinajstić information content (AvgIpc) is 2.68. The number of benzene rings is 2. The quantitative estimate of drug-likeness (QED) is 0.609. The zero-order valence-corrected chi connectivity index (χ0v) is 17.2. The van der Waals surface area contributed by atoms with Gasteiger partial charge in [-0.15, -0.1) is 0 Å². The SMILES string of the molecule is COc1cc(OC(C)C)ccc1Oc1ccc2cc(CCNC(C)=O)ccc2n1. The Balaban J connectivity index is 1.76. The predicted octanol–water partition coefficient (Wildman–Crippen LogP) is 4.50. The smallest absolute Gasteiger partial charge is 0.219 e. The van der Waals surface area contributed by atoms with Crippen LogP contribution in [-0.4, -0.2) is 30.6 Å². The lowest BCUT2D eigenvalue weighted by molar-refractivity contribution is -0.118. The van der Waals surface area contributed by atoms with Crippen molar-refractivity contribution in [3.63, 3.8) is 0 Å². The number of fused-ring (bicyclic) bond motifs is 1. The molecule has 0 aliphatic rings. The standard InChI is InChI=1S/C23H26N2O4/c1-15(2)28-19-7-9-21(22(14-19)27-4)29-23-10-6-18-13-17(5-8-20(18)25-23)11-12-24-16(3)26/h5-10,13-15H,11-12H2,1-4H3,(H,24,26). The lowest BCUT2D eigenvalue weighted by Gasteiger charge is -2.14. The molecular formula is C23H26N2O4. The number of rotatable bonds is 8. The third kappa shape index (κ3) is 5.60. The number of amides is 1. The molecule has 1 heterocycles. The summed E-state index contributed by atoms with van der Waals surface area (Å²) in [5.74, 6) is 2.34. The van der Waals surface area contributed by atoms with Gasteiger partial charge in [0.2, 0.25) is 11.8 Å². The fourth-order valence-electron chi connectivity index (χ4n) is 2.94. The highest BCUT2D eigenvalue weighted by atomic mass is 16.5. The van der Waals surface area contributed by atoms with Gasteiger partial charge < -0.3 is 19.5 Å². The zero-order chi connectivity index (χ0) is 20.8. The number of methoxy groups -OCH3 is 1. The minimum Gasteiger partial charge on any atom is -0.493 e. The Morgan fingerprint density at radius 1 is 1.07 bits per heavy atom. The van der Waals surface area contributed by atoms with Gasteiger partial charge in [-0.05, 0) is 56.2 Å². The molecule has 0 aliphatic heterocycles. The molecule has 0 fully saturated rings. The van der Waals surface area contributed by atoms with E-state index in [4.69, 9.17) is 14.2 Å². The molecule has 0 saturated carbocycles. The van der Waals surface area contributed by atoms with E-state index in [0.717, 1.165) is 28.6 Å². The first-order chi connectivity index (χ1) is 13.9. The molecule has 0 spiro atoms. The van der Waals surface area contributed by atoms with E-state index in [2.05, 4.69) is 16.4 Å². The molecule has 1 N–H and O–H groups in total. The first-order valence-electron chi connectivity index (χ1n) is 9.61. The number of hydrogen-bond acceptors (Lipinski definition) is 5. The Morgan fingerprint density at radius 2 is 1.90 bits per heavy atom. The first kappa shape index (κ1) is 20.5. The minimum absolute atomic E-state index is 0.0199. The number of nitrogens with zero attached hydrogens (tertiary/aromatic N) is 1. The Bertz CT molecular complexity index is 1000. The van der Waals surface area contributed by atoms with Crippen LogP contribution in [0.3, 0.4) is 0 Å². The van der Waals surface area contributed by atoms with Gasteiger partial charge in [-0.3, -0.25) is 4.79 Å². The number of pyridine rings is 1. The van der Waals surface area contributed by atoms with Gasteiger partial charge in [0.05, 0.1) is 18.7 Å². The van der Waals surface area contributed by atoms with Crippen molar-refractivity contribution in [2.45, 2.75) is 33.3 Å². The lowest BCUT2D eigenvalue weighted by atomic mass is 10.1. The number of carbonyl (C=O) groups excluding carboxylic acids is 1. The molecule has 0 bridgehead atoms. The molecule has 0 saturated heterocycles. The van der Waals surface area contributed by atoms with Crippen LogP contribution in [0.25, 0.3) is 10.9 Å². The fraction of sp³-hybridized carbons (Fsp3) is 0.304. The van der Waals surface area contributed by atoms with Crippen LogP contribution < -0.4 is 19.5 Å². The second-order valence-electron chi connectivity index (χ2n) is 6.99. The van der Waals surface area contributed by atoms with Crippen LogP contribution >= 0.6 is 0 Å². The van der Waals surface area contributed by atoms with Crippen molar-refractivity contribution in [3.05, 3.63) is 54.1 Å². The zero-order valence-electron chi connectivity index (χ0n) is 17.2. The van der Waals surface area contributed by atoms with E-state index in [1.807, 2.05) is 50.2 Å². The highest BCUT2D eigenvalue weighted by Crippen LogP contribution is 2.35. The maximum atomic E-state index is 11.0. The van der Waals surface area contributed by atoms with Crippen LogP contribution in [0.1, 0.15) is 26.3 Å². The monoisotopic (exact) mass is 394 g/mol. The molecule has 0 unspecified atom stereocenters. The average molecular weight is 394 g/mol. The molecule has 3 aromatic rings. The molecule has 1 amide bonds. The maximum Gasteiger partial charge on any atom is 0.219 e. The molecule has 0 radical (unpaired) electrons. The van der Waals surface area contributed by atoms with Crippen molar-refractivity contribution in [1.82, 2.24) is 10.3 Å². The summed E-state index contributed by atoms with van der Waals surface area (Å²) in [4.78, 5) is 15.6. The lowest BCUT2D eigenvalue weighted by Crippen LogP contribution is -2.22. The minimum atomic E-state index is -0.0199.